The van der Waals surface area contributed by atoms with Gasteiger partial charge in [0, 0.05) is 19.6 Å². The van der Waals surface area contributed by atoms with E-state index < -0.39 is 0 Å². The van der Waals surface area contributed by atoms with E-state index in [0.717, 1.165) is 49.9 Å². The Kier molecular flexibility index (Phi) is 8.95. The normalized spacial score (nSPS) is 11.5. The quantitative estimate of drug-likeness (QED) is 0.542. The zero-order valence-electron chi connectivity index (χ0n) is 15.1. The van der Waals surface area contributed by atoms with Gasteiger partial charge in [-0.25, -0.2) is 0 Å². The summed E-state index contributed by atoms with van der Waals surface area (Å²) in [7, 11) is 3.31. The zero-order chi connectivity index (χ0) is 17.1. The van der Waals surface area contributed by atoms with Crippen molar-refractivity contribution >= 4 is 5.96 Å². The second-order valence-electron chi connectivity index (χ2n) is 5.81. The summed E-state index contributed by atoms with van der Waals surface area (Å²) < 4.78 is 10.6. The van der Waals surface area contributed by atoms with Crippen molar-refractivity contribution in [3.63, 3.8) is 0 Å². The van der Waals surface area contributed by atoms with Crippen molar-refractivity contribution in [2.45, 2.75) is 33.6 Å². The van der Waals surface area contributed by atoms with Gasteiger partial charge in [0.05, 0.1) is 14.2 Å². The molecule has 0 saturated carbocycles. The van der Waals surface area contributed by atoms with Gasteiger partial charge < -0.3 is 20.1 Å². The molecule has 1 rings (SSSR count). The molecule has 0 saturated heterocycles. The summed E-state index contributed by atoms with van der Waals surface area (Å²) in [6.07, 6.45) is 2.00. The van der Waals surface area contributed by atoms with Crippen molar-refractivity contribution in [3.05, 3.63) is 23.8 Å². The van der Waals surface area contributed by atoms with Crippen molar-refractivity contribution in [2.75, 3.05) is 33.9 Å². The molecule has 1 aromatic rings. The first-order valence-electron chi connectivity index (χ1n) is 8.33. The Bertz CT molecular complexity index is 487. The van der Waals surface area contributed by atoms with Crippen molar-refractivity contribution < 1.29 is 9.47 Å². The Morgan fingerprint density at radius 3 is 2.48 bits per heavy atom. The smallest absolute Gasteiger partial charge is 0.191 e. The molecule has 5 nitrogen and oxygen atoms in total. The molecule has 0 atom stereocenters. The van der Waals surface area contributed by atoms with Crippen LogP contribution in [0.25, 0.3) is 0 Å². The summed E-state index contributed by atoms with van der Waals surface area (Å²) in [6.45, 7) is 9.05. The van der Waals surface area contributed by atoms with Gasteiger partial charge in [0.15, 0.2) is 17.5 Å². The van der Waals surface area contributed by atoms with Gasteiger partial charge >= 0.3 is 0 Å². The molecule has 0 bridgehead atoms. The molecular weight excluding hydrogens is 290 g/mol. The maximum absolute atomic E-state index is 5.34. The van der Waals surface area contributed by atoms with E-state index in [1.54, 1.807) is 14.2 Å². The van der Waals surface area contributed by atoms with E-state index in [9.17, 15) is 0 Å². The fraction of sp³-hybridized carbons (Fsp3) is 0.611. The van der Waals surface area contributed by atoms with Gasteiger partial charge in [0.2, 0.25) is 0 Å². The molecule has 0 amide bonds. The van der Waals surface area contributed by atoms with Crippen molar-refractivity contribution in [1.29, 1.82) is 0 Å². The number of hydrogen-bond donors (Lipinski definition) is 2. The molecule has 0 aliphatic carbocycles. The lowest BCUT2D eigenvalue weighted by Crippen LogP contribution is -2.38. The van der Waals surface area contributed by atoms with Gasteiger partial charge in [-0.15, -0.1) is 0 Å². The monoisotopic (exact) mass is 321 g/mol. The lowest BCUT2D eigenvalue weighted by Gasteiger charge is -2.13. The fourth-order valence-corrected chi connectivity index (χ4v) is 2.14. The van der Waals surface area contributed by atoms with Crippen LogP contribution in [0.15, 0.2) is 23.2 Å². The Morgan fingerprint density at radius 2 is 1.87 bits per heavy atom. The van der Waals surface area contributed by atoms with E-state index in [-0.39, 0.29) is 0 Å². The highest BCUT2D eigenvalue weighted by Gasteiger charge is 2.05. The van der Waals surface area contributed by atoms with Gasteiger partial charge in [-0.2, -0.15) is 0 Å². The van der Waals surface area contributed by atoms with Crippen LogP contribution < -0.4 is 20.1 Å². The van der Waals surface area contributed by atoms with E-state index in [4.69, 9.17) is 9.47 Å². The average molecular weight is 321 g/mol. The third kappa shape index (κ3) is 7.26. The third-order valence-corrected chi connectivity index (χ3v) is 3.47. The van der Waals surface area contributed by atoms with Gasteiger partial charge in [0.25, 0.3) is 0 Å². The minimum absolute atomic E-state index is 0.674. The van der Waals surface area contributed by atoms with Crippen LogP contribution in [0.3, 0.4) is 0 Å². The average Bonchev–Trinajstić information content (AvgIpc) is 2.54. The maximum Gasteiger partial charge on any atom is 0.191 e. The number of nitrogens with zero attached hydrogens (tertiary/aromatic N) is 1. The first kappa shape index (κ1) is 19.1. The summed E-state index contributed by atoms with van der Waals surface area (Å²) in [4.78, 5) is 4.60. The topological polar surface area (TPSA) is 54.9 Å². The molecule has 0 unspecified atom stereocenters. The minimum atomic E-state index is 0.674. The van der Waals surface area contributed by atoms with E-state index in [1.807, 2.05) is 12.1 Å². The lowest BCUT2D eigenvalue weighted by molar-refractivity contribution is 0.354. The molecule has 0 spiro atoms. The standard InChI is InChI=1S/C18H31N3O2/c1-6-19-18(20-11-9-14(2)3)21-12-10-15-7-8-16(22-4)17(13-15)23-5/h7-8,13-14H,6,9-12H2,1-5H3,(H2,19,20,21). The maximum atomic E-state index is 5.34. The molecule has 130 valence electrons. The van der Waals surface area contributed by atoms with Crippen molar-refractivity contribution in [1.82, 2.24) is 10.6 Å². The number of nitrogens with one attached hydrogen (secondary N) is 2. The zero-order valence-corrected chi connectivity index (χ0v) is 15.1. The van der Waals surface area contributed by atoms with Crippen LogP contribution in [0.5, 0.6) is 11.5 Å². The second kappa shape index (κ2) is 10.8. The Hall–Kier alpha value is -1.91. The number of methoxy groups -OCH3 is 2. The molecule has 0 aliphatic rings. The number of benzene rings is 1. The van der Waals surface area contributed by atoms with Crippen LogP contribution >= 0.6 is 0 Å². The lowest BCUT2D eigenvalue weighted by atomic mass is 10.1. The van der Waals surface area contributed by atoms with Crippen LogP contribution in [0.1, 0.15) is 32.8 Å². The van der Waals surface area contributed by atoms with Crippen molar-refractivity contribution in [3.8, 4) is 11.5 Å². The molecule has 1 aromatic carbocycles. The van der Waals surface area contributed by atoms with E-state index in [0.29, 0.717) is 5.92 Å². The highest BCUT2D eigenvalue weighted by Crippen LogP contribution is 2.27. The molecule has 0 fully saturated rings. The largest absolute Gasteiger partial charge is 0.493 e. The SMILES string of the molecule is CCNC(=NCCC(C)C)NCCc1ccc(OC)c(OC)c1. The van der Waals surface area contributed by atoms with E-state index in [2.05, 4.69) is 42.5 Å². The molecule has 0 heterocycles. The highest BCUT2D eigenvalue weighted by molar-refractivity contribution is 5.79. The van der Waals surface area contributed by atoms with Crippen molar-refractivity contribution in [2.24, 2.45) is 10.9 Å². The number of guanidine groups is 1. The summed E-state index contributed by atoms with van der Waals surface area (Å²) in [5.74, 6) is 3.08. The molecule has 0 radical (unpaired) electrons. The Morgan fingerprint density at radius 1 is 1.13 bits per heavy atom. The van der Waals surface area contributed by atoms with Gasteiger partial charge in [-0.3, -0.25) is 4.99 Å². The van der Waals surface area contributed by atoms with Crippen LogP contribution in [0.2, 0.25) is 0 Å². The minimum Gasteiger partial charge on any atom is -0.493 e. The van der Waals surface area contributed by atoms with E-state index in [1.165, 1.54) is 5.56 Å². The number of aliphatic imine (C=N–C) groups is 1. The molecule has 23 heavy (non-hydrogen) atoms. The second-order valence-corrected chi connectivity index (χ2v) is 5.81. The van der Waals surface area contributed by atoms with Crippen LogP contribution in [0, 0.1) is 5.92 Å². The number of rotatable bonds is 9. The molecular formula is C18H31N3O2. The summed E-state index contributed by atoms with van der Waals surface area (Å²) in [5.41, 5.74) is 1.20. The molecule has 0 aromatic heterocycles. The number of hydrogen-bond acceptors (Lipinski definition) is 3. The Balaban J connectivity index is 2.52. The Labute approximate surface area is 140 Å². The first-order chi connectivity index (χ1) is 11.1. The number of ether oxygens (including phenoxy) is 2. The van der Waals surface area contributed by atoms with Crippen LogP contribution in [0.4, 0.5) is 0 Å². The van der Waals surface area contributed by atoms with Gasteiger partial charge in [0.1, 0.15) is 0 Å². The summed E-state index contributed by atoms with van der Waals surface area (Å²) in [6, 6.07) is 6.02. The predicted octanol–water partition coefficient (Wildman–Crippen LogP) is 2.85. The first-order valence-corrected chi connectivity index (χ1v) is 8.33. The third-order valence-electron chi connectivity index (χ3n) is 3.47. The predicted molar refractivity (Wildman–Crippen MR) is 96.7 cm³/mol. The molecule has 2 N–H and O–H groups in total. The summed E-state index contributed by atoms with van der Waals surface area (Å²) in [5, 5.41) is 6.65. The molecule has 5 heteroatoms. The molecule has 0 aliphatic heterocycles. The van der Waals surface area contributed by atoms with Gasteiger partial charge in [-0.1, -0.05) is 19.9 Å². The fourth-order valence-electron chi connectivity index (χ4n) is 2.14. The van der Waals surface area contributed by atoms with E-state index >= 15 is 0 Å². The highest BCUT2D eigenvalue weighted by atomic mass is 16.5. The summed E-state index contributed by atoms with van der Waals surface area (Å²) >= 11 is 0. The van der Waals surface area contributed by atoms with Crippen LogP contribution in [-0.4, -0.2) is 39.8 Å². The van der Waals surface area contributed by atoms with Crippen LogP contribution in [-0.2, 0) is 6.42 Å². The van der Waals surface area contributed by atoms with Gasteiger partial charge in [-0.05, 0) is 43.4 Å².